The zero-order chi connectivity index (χ0) is 12.6. The fraction of sp³-hybridized carbons (Fsp3) is 0.467. The molecule has 17 heavy (non-hydrogen) atoms. The van der Waals surface area contributed by atoms with Crippen LogP contribution in [0.3, 0.4) is 0 Å². The Morgan fingerprint density at radius 2 is 1.88 bits per heavy atom. The van der Waals surface area contributed by atoms with Gasteiger partial charge in [-0.25, -0.2) is 0 Å². The Bertz CT molecular complexity index is 435. The number of rotatable bonds is 2. The standard InChI is InChI=1S/C15H22N2/c1-11(2)14-7-6-8-15(12(14)3)17-10-9-16(5)13(17)4/h6-11,13H,1-5H3/t13-/m1/s1. The van der Waals surface area contributed by atoms with Crippen LogP contribution in [0.25, 0.3) is 0 Å². The Morgan fingerprint density at radius 3 is 2.41 bits per heavy atom. The molecule has 0 unspecified atom stereocenters. The van der Waals surface area contributed by atoms with Crippen LogP contribution in [0.15, 0.2) is 30.6 Å². The van der Waals surface area contributed by atoms with Gasteiger partial charge in [0, 0.05) is 25.1 Å². The van der Waals surface area contributed by atoms with Crippen LogP contribution in [0.5, 0.6) is 0 Å². The molecule has 1 atom stereocenters. The van der Waals surface area contributed by atoms with Gasteiger partial charge < -0.3 is 9.80 Å². The molecule has 0 aromatic heterocycles. The van der Waals surface area contributed by atoms with Crippen molar-refractivity contribution in [1.29, 1.82) is 0 Å². The Hall–Kier alpha value is -1.44. The van der Waals surface area contributed by atoms with Gasteiger partial charge >= 0.3 is 0 Å². The highest BCUT2D eigenvalue weighted by Gasteiger charge is 2.22. The third-order valence-corrected chi connectivity index (χ3v) is 3.70. The summed E-state index contributed by atoms with van der Waals surface area (Å²) in [5.41, 5.74) is 4.16. The summed E-state index contributed by atoms with van der Waals surface area (Å²) in [7, 11) is 2.11. The minimum Gasteiger partial charge on any atom is -0.359 e. The number of hydrogen-bond acceptors (Lipinski definition) is 2. The van der Waals surface area contributed by atoms with E-state index in [1.807, 2.05) is 0 Å². The summed E-state index contributed by atoms with van der Waals surface area (Å²) < 4.78 is 0. The van der Waals surface area contributed by atoms with Crippen LogP contribution in [-0.2, 0) is 0 Å². The van der Waals surface area contributed by atoms with Gasteiger partial charge in [0.15, 0.2) is 0 Å². The molecule has 1 aromatic carbocycles. The fourth-order valence-corrected chi connectivity index (χ4v) is 2.45. The van der Waals surface area contributed by atoms with Gasteiger partial charge in [0.2, 0.25) is 0 Å². The van der Waals surface area contributed by atoms with Crippen molar-refractivity contribution < 1.29 is 0 Å². The van der Waals surface area contributed by atoms with Crippen molar-refractivity contribution in [2.45, 2.75) is 39.8 Å². The molecule has 0 saturated heterocycles. The molecule has 2 nitrogen and oxygen atoms in total. The van der Waals surface area contributed by atoms with E-state index in [2.05, 4.69) is 75.1 Å². The molecule has 0 amide bonds. The van der Waals surface area contributed by atoms with Crippen molar-refractivity contribution in [1.82, 2.24) is 4.90 Å². The maximum absolute atomic E-state index is 2.33. The van der Waals surface area contributed by atoms with Crippen LogP contribution in [-0.4, -0.2) is 18.1 Å². The molecule has 0 radical (unpaired) electrons. The lowest BCUT2D eigenvalue weighted by Crippen LogP contribution is -2.33. The lowest BCUT2D eigenvalue weighted by molar-refractivity contribution is 0.383. The smallest absolute Gasteiger partial charge is 0.102 e. The lowest BCUT2D eigenvalue weighted by atomic mass is 9.96. The van der Waals surface area contributed by atoms with Crippen molar-refractivity contribution >= 4 is 5.69 Å². The first-order valence-electron chi connectivity index (χ1n) is 6.30. The van der Waals surface area contributed by atoms with Crippen molar-refractivity contribution in [3.05, 3.63) is 41.7 Å². The van der Waals surface area contributed by atoms with E-state index in [1.54, 1.807) is 0 Å². The van der Waals surface area contributed by atoms with Crippen molar-refractivity contribution in [2.24, 2.45) is 0 Å². The molecule has 1 aliphatic heterocycles. The van der Waals surface area contributed by atoms with E-state index < -0.39 is 0 Å². The van der Waals surface area contributed by atoms with Crippen molar-refractivity contribution in [3.63, 3.8) is 0 Å². The van der Waals surface area contributed by atoms with E-state index in [1.165, 1.54) is 16.8 Å². The molecule has 92 valence electrons. The van der Waals surface area contributed by atoms with E-state index in [0.717, 1.165) is 0 Å². The molecular formula is C15H22N2. The molecule has 0 fully saturated rings. The Morgan fingerprint density at radius 1 is 1.18 bits per heavy atom. The van der Waals surface area contributed by atoms with Gasteiger partial charge in [-0.1, -0.05) is 26.0 Å². The summed E-state index contributed by atoms with van der Waals surface area (Å²) in [4.78, 5) is 4.56. The predicted molar refractivity (Wildman–Crippen MR) is 74.1 cm³/mol. The lowest BCUT2D eigenvalue weighted by Gasteiger charge is -2.29. The van der Waals surface area contributed by atoms with Crippen LogP contribution < -0.4 is 4.90 Å². The normalized spacial score (nSPS) is 19.5. The summed E-state index contributed by atoms with van der Waals surface area (Å²) in [5, 5.41) is 0. The van der Waals surface area contributed by atoms with E-state index in [-0.39, 0.29) is 0 Å². The molecule has 0 aliphatic carbocycles. The second-order valence-electron chi connectivity index (χ2n) is 5.15. The molecule has 1 heterocycles. The highest BCUT2D eigenvalue weighted by atomic mass is 15.4. The third kappa shape index (κ3) is 2.04. The number of nitrogens with zero attached hydrogens (tertiary/aromatic N) is 2. The number of hydrogen-bond donors (Lipinski definition) is 0. The van der Waals surface area contributed by atoms with Crippen molar-refractivity contribution in [3.8, 4) is 0 Å². The highest BCUT2D eigenvalue weighted by Crippen LogP contribution is 2.31. The van der Waals surface area contributed by atoms with Crippen LogP contribution in [0.4, 0.5) is 5.69 Å². The largest absolute Gasteiger partial charge is 0.359 e. The van der Waals surface area contributed by atoms with E-state index in [4.69, 9.17) is 0 Å². The van der Waals surface area contributed by atoms with E-state index >= 15 is 0 Å². The summed E-state index contributed by atoms with van der Waals surface area (Å²) in [6, 6.07) is 6.61. The summed E-state index contributed by atoms with van der Waals surface area (Å²) >= 11 is 0. The van der Waals surface area contributed by atoms with Gasteiger partial charge in [0.05, 0.1) is 0 Å². The van der Waals surface area contributed by atoms with Gasteiger partial charge in [-0.2, -0.15) is 0 Å². The monoisotopic (exact) mass is 230 g/mol. The number of anilines is 1. The molecule has 2 rings (SSSR count). The topological polar surface area (TPSA) is 6.48 Å². The molecule has 1 aliphatic rings. The zero-order valence-electron chi connectivity index (χ0n) is 11.4. The Labute approximate surface area is 105 Å². The van der Waals surface area contributed by atoms with Crippen LogP contribution in [0.2, 0.25) is 0 Å². The first-order chi connectivity index (χ1) is 8.02. The second-order valence-corrected chi connectivity index (χ2v) is 5.15. The minimum absolute atomic E-state index is 0.399. The van der Waals surface area contributed by atoms with Gasteiger partial charge in [0.25, 0.3) is 0 Å². The number of benzene rings is 1. The summed E-state index contributed by atoms with van der Waals surface area (Å²) in [6.45, 7) is 8.95. The average Bonchev–Trinajstić information content (AvgIpc) is 2.60. The second kappa shape index (κ2) is 4.44. The Balaban J connectivity index is 2.40. The van der Waals surface area contributed by atoms with Crippen LogP contribution in [0, 0.1) is 6.92 Å². The quantitative estimate of drug-likeness (QED) is 0.764. The minimum atomic E-state index is 0.399. The molecule has 2 heteroatoms. The molecule has 0 N–H and O–H groups in total. The van der Waals surface area contributed by atoms with Crippen LogP contribution >= 0.6 is 0 Å². The predicted octanol–water partition coefficient (Wildman–Crippen LogP) is 3.69. The zero-order valence-corrected chi connectivity index (χ0v) is 11.4. The molecule has 1 aromatic rings. The fourth-order valence-electron chi connectivity index (χ4n) is 2.45. The molecular weight excluding hydrogens is 208 g/mol. The Kier molecular flexibility index (Phi) is 3.14. The van der Waals surface area contributed by atoms with Gasteiger partial charge in [-0.05, 0) is 37.0 Å². The summed E-state index contributed by atoms with van der Waals surface area (Å²) in [6.07, 6.45) is 4.69. The highest BCUT2D eigenvalue weighted by molar-refractivity contribution is 5.60. The first kappa shape index (κ1) is 12.0. The average molecular weight is 230 g/mol. The van der Waals surface area contributed by atoms with E-state index in [9.17, 15) is 0 Å². The van der Waals surface area contributed by atoms with Crippen molar-refractivity contribution in [2.75, 3.05) is 11.9 Å². The third-order valence-electron chi connectivity index (χ3n) is 3.70. The van der Waals surface area contributed by atoms with Gasteiger partial charge in [-0.3, -0.25) is 0 Å². The molecule has 0 bridgehead atoms. The van der Waals surface area contributed by atoms with Crippen LogP contribution in [0.1, 0.15) is 37.8 Å². The van der Waals surface area contributed by atoms with E-state index in [0.29, 0.717) is 12.1 Å². The van der Waals surface area contributed by atoms with Gasteiger partial charge in [-0.15, -0.1) is 0 Å². The molecule has 0 saturated carbocycles. The summed E-state index contributed by atoms with van der Waals surface area (Å²) in [5.74, 6) is 0.578. The van der Waals surface area contributed by atoms with Gasteiger partial charge in [0.1, 0.15) is 6.17 Å². The SMILES string of the molecule is Cc1c(C(C)C)cccc1N1C=CN(C)[C@H]1C. The maximum atomic E-state index is 2.33. The maximum Gasteiger partial charge on any atom is 0.102 e. The molecule has 0 spiro atoms. The first-order valence-corrected chi connectivity index (χ1v) is 6.30.